The molecule has 1 saturated heterocycles. The van der Waals surface area contributed by atoms with Crippen molar-refractivity contribution in [3.05, 3.63) is 15.8 Å². The van der Waals surface area contributed by atoms with Crippen molar-refractivity contribution in [3.63, 3.8) is 0 Å². The third-order valence-electron chi connectivity index (χ3n) is 3.38. The molecule has 5 heteroatoms. The van der Waals surface area contributed by atoms with Gasteiger partial charge in [-0.1, -0.05) is 0 Å². The number of likely N-dealkylation sites (tertiary alicyclic amines) is 1. The highest BCUT2D eigenvalue weighted by atomic mass is 32.1. The molecular formula is C13H21N3OS. The summed E-state index contributed by atoms with van der Waals surface area (Å²) in [5, 5.41) is 0. The highest BCUT2D eigenvalue weighted by molar-refractivity contribution is 7.14. The lowest BCUT2D eigenvalue weighted by molar-refractivity contribution is 0.0721. The Morgan fingerprint density at radius 1 is 1.61 bits per heavy atom. The Labute approximate surface area is 112 Å². The number of aryl methyl sites for hydroxylation is 1. The van der Waals surface area contributed by atoms with Crippen LogP contribution in [0.5, 0.6) is 0 Å². The van der Waals surface area contributed by atoms with Gasteiger partial charge < -0.3 is 15.5 Å². The number of nitrogen functional groups attached to an aromatic ring is 1. The van der Waals surface area contributed by atoms with Crippen LogP contribution in [0.2, 0.25) is 0 Å². The van der Waals surface area contributed by atoms with Crippen molar-refractivity contribution in [1.29, 1.82) is 0 Å². The molecule has 1 aliphatic heterocycles. The number of thiophene rings is 1. The van der Waals surface area contributed by atoms with Gasteiger partial charge in [0.05, 0.1) is 4.88 Å². The molecule has 0 aliphatic carbocycles. The predicted molar refractivity (Wildman–Crippen MR) is 76.1 cm³/mol. The summed E-state index contributed by atoms with van der Waals surface area (Å²) in [4.78, 5) is 18.4. The van der Waals surface area contributed by atoms with E-state index in [4.69, 9.17) is 5.73 Å². The van der Waals surface area contributed by atoms with Crippen molar-refractivity contribution in [2.45, 2.75) is 25.8 Å². The molecule has 1 atom stereocenters. The molecule has 100 valence electrons. The molecule has 2 N–H and O–H groups in total. The number of carbonyl (C=O) groups is 1. The maximum Gasteiger partial charge on any atom is 0.264 e. The third kappa shape index (κ3) is 2.67. The maximum atomic E-state index is 12.5. The summed E-state index contributed by atoms with van der Waals surface area (Å²) >= 11 is 1.50. The minimum Gasteiger partial charge on any atom is -0.398 e. The molecule has 4 nitrogen and oxygen atoms in total. The Bertz CT molecular complexity index is 422. The molecule has 1 aliphatic rings. The Morgan fingerprint density at radius 3 is 2.89 bits per heavy atom. The second-order valence-corrected chi connectivity index (χ2v) is 6.44. The Kier molecular flexibility index (Phi) is 3.92. The van der Waals surface area contributed by atoms with Gasteiger partial charge in [0.1, 0.15) is 0 Å². The number of hydrogen-bond donors (Lipinski definition) is 1. The first-order valence-electron chi connectivity index (χ1n) is 6.30. The van der Waals surface area contributed by atoms with Gasteiger partial charge in [0.25, 0.3) is 5.91 Å². The van der Waals surface area contributed by atoms with Gasteiger partial charge in [-0.3, -0.25) is 4.79 Å². The van der Waals surface area contributed by atoms with Crippen molar-refractivity contribution in [3.8, 4) is 0 Å². The third-order valence-corrected chi connectivity index (χ3v) is 4.44. The molecule has 1 aromatic heterocycles. The minimum atomic E-state index is 0.143. The number of likely N-dealkylation sites (N-methyl/N-ethyl adjacent to an activating group) is 1. The van der Waals surface area contributed by atoms with E-state index >= 15 is 0 Å². The van der Waals surface area contributed by atoms with Crippen LogP contribution in [0.4, 0.5) is 5.69 Å². The molecule has 0 saturated carbocycles. The summed E-state index contributed by atoms with van der Waals surface area (Å²) in [6.07, 6.45) is 2.20. The van der Waals surface area contributed by atoms with Gasteiger partial charge in [0.2, 0.25) is 0 Å². The van der Waals surface area contributed by atoms with Crippen LogP contribution in [0.3, 0.4) is 0 Å². The standard InChI is InChI=1S/C13H21N3OS/c1-9-11(14)7-12(18-9)13(17)16-6-4-5-10(16)8-15(2)3/h7,10H,4-6,8,14H2,1-3H3. The van der Waals surface area contributed by atoms with Crippen molar-refractivity contribution in [1.82, 2.24) is 9.80 Å². The Hall–Kier alpha value is -1.07. The molecule has 0 spiro atoms. The number of amides is 1. The SMILES string of the molecule is Cc1sc(C(=O)N2CCCC2CN(C)C)cc1N. The zero-order chi connectivity index (χ0) is 13.3. The van der Waals surface area contributed by atoms with E-state index in [0.29, 0.717) is 6.04 Å². The van der Waals surface area contributed by atoms with Gasteiger partial charge >= 0.3 is 0 Å². The normalized spacial score (nSPS) is 19.8. The Balaban J connectivity index is 2.12. The van der Waals surface area contributed by atoms with Crippen LogP contribution in [0.25, 0.3) is 0 Å². The van der Waals surface area contributed by atoms with E-state index in [2.05, 4.69) is 4.90 Å². The second-order valence-electron chi connectivity index (χ2n) is 5.18. The van der Waals surface area contributed by atoms with Crippen molar-refractivity contribution in [2.24, 2.45) is 0 Å². The molecule has 2 heterocycles. The van der Waals surface area contributed by atoms with Gasteiger partial charge in [0, 0.05) is 29.7 Å². The van der Waals surface area contributed by atoms with Crippen LogP contribution in [0.15, 0.2) is 6.07 Å². The first kappa shape index (κ1) is 13.4. The number of nitrogens with zero attached hydrogens (tertiary/aromatic N) is 2. The zero-order valence-electron chi connectivity index (χ0n) is 11.3. The summed E-state index contributed by atoms with van der Waals surface area (Å²) in [5.74, 6) is 0.143. The minimum absolute atomic E-state index is 0.143. The first-order valence-corrected chi connectivity index (χ1v) is 7.12. The number of carbonyl (C=O) groups excluding carboxylic acids is 1. The van der Waals surface area contributed by atoms with E-state index in [9.17, 15) is 4.79 Å². The second kappa shape index (κ2) is 5.28. The van der Waals surface area contributed by atoms with Gasteiger partial charge in [0.15, 0.2) is 0 Å². The van der Waals surface area contributed by atoms with Crippen LogP contribution in [0.1, 0.15) is 27.4 Å². The molecule has 0 bridgehead atoms. The average molecular weight is 267 g/mol. The fourth-order valence-corrected chi connectivity index (χ4v) is 3.35. The highest BCUT2D eigenvalue weighted by Gasteiger charge is 2.30. The molecule has 2 rings (SSSR count). The van der Waals surface area contributed by atoms with Crippen LogP contribution < -0.4 is 5.73 Å². The number of anilines is 1. The topological polar surface area (TPSA) is 49.6 Å². The van der Waals surface area contributed by atoms with Gasteiger partial charge in [-0.25, -0.2) is 0 Å². The highest BCUT2D eigenvalue weighted by Crippen LogP contribution is 2.27. The molecular weight excluding hydrogens is 246 g/mol. The van der Waals surface area contributed by atoms with Crippen molar-refractivity contribution < 1.29 is 4.79 Å². The number of hydrogen-bond acceptors (Lipinski definition) is 4. The quantitative estimate of drug-likeness (QED) is 0.908. The molecule has 1 fully saturated rings. The summed E-state index contributed by atoms with van der Waals surface area (Å²) in [7, 11) is 4.10. The summed E-state index contributed by atoms with van der Waals surface area (Å²) in [6, 6.07) is 2.16. The lowest BCUT2D eigenvalue weighted by Crippen LogP contribution is -2.41. The lowest BCUT2D eigenvalue weighted by Gasteiger charge is -2.26. The van der Waals surface area contributed by atoms with Gasteiger partial charge in [-0.2, -0.15) is 0 Å². The van der Waals surface area contributed by atoms with Gasteiger partial charge in [-0.05, 0) is 39.9 Å². The monoisotopic (exact) mass is 267 g/mol. The van der Waals surface area contributed by atoms with Crippen LogP contribution >= 0.6 is 11.3 Å². The van der Waals surface area contributed by atoms with E-state index in [1.807, 2.05) is 32.0 Å². The predicted octanol–water partition coefficient (Wildman–Crippen LogP) is 1.80. The smallest absolute Gasteiger partial charge is 0.264 e. The fraction of sp³-hybridized carbons (Fsp3) is 0.615. The van der Waals surface area contributed by atoms with Crippen LogP contribution in [-0.4, -0.2) is 48.9 Å². The molecule has 18 heavy (non-hydrogen) atoms. The van der Waals surface area contributed by atoms with E-state index < -0.39 is 0 Å². The van der Waals surface area contributed by atoms with E-state index in [-0.39, 0.29) is 5.91 Å². The van der Waals surface area contributed by atoms with E-state index in [1.165, 1.54) is 11.3 Å². The fourth-order valence-electron chi connectivity index (χ4n) is 2.46. The van der Waals surface area contributed by atoms with E-state index in [0.717, 1.165) is 41.4 Å². The largest absolute Gasteiger partial charge is 0.398 e. The summed E-state index contributed by atoms with van der Waals surface area (Å²) < 4.78 is 0. The number of nitrogens with two attached hydrogens (primary N) is 1. The summed E-state index contributed by atoms with van der Waals surface area (Å²) in [6.45, 7) is 3.76. The lowest BCUT2D eigenvalue weighted by atomic mass is 10.2. The summed E-state index contributed by atoms with van der Waals surface area (Å²) in [5.41, 5.74) is 6.55. The average Bonchev–Trinajstić information content (AvgIpc) is 2.85. The van der Waals surface area contributed by atoms with Gasteiger partial charge in [-0.15, -0.1) is 11.3 Å². The maximum absolute atomic E-state index is 12.5. The zero-order valence-corrected chi connectivity index (χ0v) is 12.1. The van der Waals surface area contributed by atoms with Crippen LogP contribution in [0, 0.1) is 6.92 Å². The Morgan fingerprint density at radius 2 is 2.33 bits per heavy atom. The van der Waals surface area contributed by atoms with Crippen molar-refractivity contribution >= 4 is 22.9 Å². The molecule has 1 unspecified atom stereocenters. The first-order chi connectivity index (χ1) is 8.49. The molecule has 1 aromatic rings. The molecule has 0 radical (unpaired) electrons. The van der Waals surface area contributed by atoms with E-state index in [1.54, 1.807) is 0 Å². The van der Waals surface area contributed by atoms with Crippen molar-refractivity contribution in [2.75, 3.05) is 32.9 Å². The van der Waals surface area contributed by atoms with Crippen LogP contribution in [-0.2, 0) is 0 Å². The molecule has 0 aromatic carbocycles. The molecule has 1 amide bonds. The number of rotatable bonds is 3.